The van der Waals surface area contributed by atoms with Crippen LogP contribution >= 0.6 is 0 Å². The predicted octanol–water partition coefficient (Wildman–Crippen LogP) is 3.90. The number of morpholine rings is 1. The number of hydrogen-bond donors (Lipinski definition) is 0. The zero-order valence-corrected chi connectivity index (χ0v) is 21.8. The van der Waals surface area contributed by atoms with Crippen LogP contribution in [-0.4, -0.2) is 82.7 Å². The summed E-state index contributed by atoms with van der Waals surface area (Å²) < 4.78 is 32.5. The second-order valence-corrected chi connectivity index (χ2v) is 10.6. The molecular weight excluding hydrogens is 467 g/mol. The van der Waals surface area contributed by atoms with Gasteiger partial charge in [0.25, 0.3) is 5.91 Å². The quantitative estimate of drug-likeness (QED) is 0.507. The first kappa shape index (κ1) is 26.3. The molecular formula is C26H37FN4O5. The van der Waals surface area contributed by atoms with Gasteiger partial charge in [0.2, 0.25) is 5.95 Å². The Bertz CT molecular complexity index is 1090. The van der Waals surface area contributed by atoms with E-state index in [0.717, 1.165) is 18.4 Å². The molecule has 2 fully saturated rings. The molecule has 2 aliphatic rings. The molecule has 2 atom stereocenters. The van der Waals surface area contributed by atoms with E-state index in [0.29, 0.717) is 37.0 Å². The van der Waals surface area contributed by atoms with E-state index in [9.17, 15) is 14.0 Å². The smallest absolute Gasteiger partial charge is 0.410 e. The summed E-state index contributed by atoms with van der Waals surface area (Å²) >= 11 is 0. The SMILES string of the molecule is COCCCn1nc(F)c2ccc(C(C)N(C(=O)[C@H]3CN(C(=O)OC(C)(C)C)CCO3)C3CC3)cc21. The van der Waals surface area contributed by atoms with Crippen LogP contribution in [0.2, 0.25) is 0 Å². The molecule has 0 N–H and O–H groups in total. The fourth-order valence-electron chi connectivity index (χ4n) is 4.60. The van der Waals surface area contributed by atoms with E-state index < -0.39 is 23.7 Å². The second-order valence-electron chi connectivity index (χ2n) is 10.6. The molecule has 1 aromatic heterocycles. The standard InChI is InChI=1S/C26H37FN4O5/c1-17(18-7-10-20-21(15-18)30(28-23(20)27)11-6-13-34-5)31(19-8-9-19)24(32)22-16-29(12-14-35-22)25(33)36-26(2,3)4/h7,10,15,17,19,22H,6,8-9,11-14,16H2,1-5H3/t17?,22-/m1/s1. The fourth-order valence-corrected chi connectivity index (χ4v) is 4.60. The van der Waals surface area contributed by atoms with Gasteiger partial charge in [-0.1, -0.05) is 6.07 Å². The third-order valence-corrected chi connectivity index (χ3v) is 6.54. The molecule has 1 unspecified atom stereocenters. The summed E-state index contributed by atoms with van der Waals surface area (Å²) in [5, 5.41) is 4.51. The third kappa shape index (κ3) is 5.98. The molecule has 1 aliphatic carbocycles. The summed E-state index contributed by atoms with van der Waals surface area (Å²) in [5.41, 5.74) is 0.981. The number of carbonyl (C=O) groups is 2. The zero-order chi connectivity index (χ0) is 26.0. The Hall–Kier alpha value is -2.72. The zero-order valence-electron chi connectivity index (χ0n) is 21.8. The normalized spacial score (nSPS) is 19.4. The highest BCUT2D eigenvalue weighted by molar-refractivity contribution is 5.84. The van der Waals surface area contributed by atoms with Crippen LogP contribution in [0.3, 0.4) is 0 Å². The molecule has 1 aliphatic heterocycles. The minimum absolute atomic E-state index is 0.118. The van der Waals surface area contributed by atoms with E-state index in [4.69, 9.17) is 14.2 Å². The van der Waals surface area contributed by atoms with Crippen molar-refractivity contribution in [3.05, 3.63) is 29.7 Å². The molecule has 2 amide bonds. The van der Waals surface area contributed by atoms with Gasteiger partial charge in [0, 0.05) is 32.8 Å². The Morgan fingerprint density at radius 3 is 2.72 bits per heavy atom. The van der Waals surface area contributed by atoms with Crippen molar-refractivity contribution in [2.75, 3.05) is 33.4 Å². The van der Waals surface area contributed by atoms with Crippen LogP contribution in [0.25, 0.3) is 10.9 Å². The number of nitrogens with zero attached hydrogens (tertiary/aromatic N) is 4. The van der Waals surface area contributed by atoms with E-state index in [2.05, 4.69) is 5.10 Å². The first-order valence-electron chi connectivity index (χ1n) is 12.7. The van der Waals surface area contributed by atoms with E-state index in [-0.39, 0.29) is 31.1 Å². The lowest BCUT2D eigenvalue weighted by Gasteiger charge is -2.37. The van der Waals surface area contributed by atoms with Gasteiger partial charge in [-0.25, -0.2) is 4.79 Å². The van der Waals surface area contributed by atoms with Crippen molar-refractivity contribution < 1.29 is 28.2 Å². The summed E-state index contributed by atoms with van der Waals surface area (Å²) in [6.45, 7) is 9.33. The first-order valence-corrected chi connectivity index (χ1v) is 12.7. The fraction of sp³-hybridized carbons (Fsp3) is 0.654. The molecule has 4 rings (SSSR count). The van der Waals surface area contributed by atoms with E-state index in [1.165, 1.54) is 0 Å². The van der Waals surface area contributed by atoms with Gasteiger partial charge in [0.15, 0.2) is 6.10 Å². The van der Waals surface area contributed by atoms with Crippen molar-refractivity contribution in [3.8, 4) is 0 Å². The van der Waals surface area contributed by atoms with Crippen LogP contribution in [-0.2, 0) is 25.5 Å². The molecule has 2 heterocycles. The molecule has 36 heavy (non-hydrogen) atoms. The van der Waals surface area contributed by atoms with E-state index in [1.807, 2.05) is 44.7 Å². The van der Waals surface area contributed by atoms with Crippen LogP contribution < -0.4 is 0 Å². The molecule has 1 saturated carbocycles. The molecule has 1 aromatic carbocycles. The summed E-state index contributed by atoms with van der Waals surface area (Å²) in [6, 6.07) is 5.37. The van der Waals surface area contributed by atoms with Crippen molar-refractivity contribution in [1.29, 1.82) is 0 Å². The van der Waals surface area contributed by atoms with Gasteiger partial charge in [-0.15, -0.1) is 5.10 Å². The lowest BCUT2D eigenvalue weighted by atomic mass is 10.0. The van der Waals surface area contributed by atoms with Crippen molar-refractivity contribution in [3.63, 3.8) is 0 Å². The molecule has 0 spiro atoms. The number of fused-ring (bicyclic) bond motifs is 1. The summed E-state index contributed by atoms with van der Waals surface area (Å²) in [7, 11) is 1.63. The maximum absolute atomic E-state index is 14.4. The molecule has 9 nitrogen and oxygen atoms in total. The average molecular weight is 505 g/mol. The van der Waals surface area contributed by atoms with Gasteiger partial charge in [-0.05, 0) is 64.7 Å². The Balaban J connectivity index is 1.53. The molecule has 198 valence electrons. The highest BCUT2D eigenvalue weighted by atomic mass is 19.1. The maximum Gasteiger partial charge on any atom is 0.410 e. The van der Waals surface area contributed by atoms with Crippen LogP contribution in [0, 0.1) is 5.95 Å². The topological polar surface area (TPSA) is 86.1 Å². The number of amides is 2. The number of halogens is 1. The Morgan fingerprint density at radius 2 is 2.06 bits per heavy atom. The number of aryl methyl sites for hydroxylation is 1. The number of ether oxygens (including phenoxy) is 3. The minimum Gasteiger partial charge on any atom is -0.444 e. The molecule has 0 radical (unpaired) electrons. The van der Waals surface area contributed by atoms with Gasteiger partial charge in [-0.3, -0.25) is 9.48 Å². The lowest BCUT2D eigenvalue weighted by Crippen LogP contribution is -2.54. The largest absolute Gasteiger partial charge is 0.444 e. The molecule has 1 saturated heterocycles. The van der Waals surface area contributed by atoms with Gasteiger partial charge in [0.1, 0.15) is 5.60 Å². The lowest BCUT2D eigenvalue weighted by molar-refractivity contribution is -0.151. The van der Waals surface area contributed by atoms with Crippen molar-refractivity contribution in [2.45, 2.75) is 77.3 Å². The maximum atomic E-state index is 14.4. The highest BCUT2D eigenvalue weighted by Crippen LogP contribution is 2.36. The van der Waals surface area contributed by atoms with Crippen LogP contribution in [0.15, 0.2) is 18.2 Å². The number of aromatic nitrogens is 2. The predicted molar refractivity (Wildman–Crippen MR) is 132 cm³/mol. The van der Waals surface area contributed by atoms with Crippen LogP contribution in [0.1, 0.15) is 58.6 Å². The first-order chi connectivity index (χ1) is 17.1. The monoisotopic (exact) mass is 504 g/mol. The van der Waals surface area contributed by atoms with Crippen molar-refractivity contribution in [2.24, 2.45) is 0 Å². The van der Waals surface area contributed by atoms with Crippen molar-refractivity contribution in [1.82, 2.24) is 19.6 Å². The van der Waals surface area contributed by atoms with Crippen LogP contribution in [0.4, 0.5) is 9.18 Å². The van der Waals surface area contributed by atoms with Crippen LogP contribution in [0.5, 0.6) is 0 Å². The third-order valence-electron chi connectivity index (χ3n) is 6.54. The summed E-state index contributed by atoms with van der Waals surface area (Å²) in [6.07, 6.45) is 1.36. The molecule has 0 bridgehead atoms. The number of methoxy groups -OCH3 is 1. The molecule has 2 aromatic rings. The summed E-state index contributed by atoms with van der Waals surface area (Å²) in [4.78, 5) is 29.7. The number of hydrogen-bond acceptors (Lipinski definition) is 6. The summed E-state index contributed by atoms with van der Waals surface area (Å²) in [5.74, 6) is -0.646. The Labute approximate surface area is 211 Å². The molecule has 10 heteroatoms. The van der Waals surface area contributed by atoms with Crippen molar-refractivity contribution >= 4 is 22.9 Å². The number of carbonyl (C=O) groups excluding carboxylic acids is 2. The van der Waals surface area contributed by atoms with Gasteiger partial charge in [0.05, 0.1) is 30.1 Å². The Kier molecular flexibility index (Phi) is 7.85. The minimum atomic E-state index is -0.755. The highest BCUT2D eigenvalue weighted by Gasteiger charge is 2.42. The van der Waals surface area contributed by atoms with E-state index in [1.54, 1.807) is 22.8 Å². The second kappa shape index (κ2) is 10.7. The van der Waals surface area contributed by atoms with Gasteiger partial charge >= 0.3 is 6.09 Å². The average Bonchev–Trinajstić information content (AvgIpc) is 3.62. The van der Waals surface area contributed by atoms with Gasteiger partial charge in [-0.2, -0.15) is 4.39 Å². The number of rotatable bonds is 8. The van der Waals surface area contributed by atoms with Gasteiger partial charge < -0.3 is 24.0 Å². The number of benzene rings is 1. The Morgan fingerprint density at radius 1 is 1.31 bits per heavy atom. The van der Waals surface area contributed by atoms with E-state index >= 15 is 0 Å².